The lowest BCUT2D eigenvalue weighted by Gasteiger charge is -2.28. The lowest BCUT2D eigenvalue weighted by molar-refractivity contribution is -0.135. The monoisotopic (exact) mass is 197 g/mol. The average Bonchev–Trinajstić information content (AvgIpc) is 2.24. The Bertz CT molecular complexity index is 227. The van der Waals surface area contributed by atoms with Crippen LogP contribution in [0.15, 0.2) is 0 Å². The normalized spacial score (nSPS) is 29.1. The van der Waals surface area contributed by atoms with E-state index in [1.165, 1.54) is 0 Å². The van der Waals surface area contributed by atoms with E-state index in [2.05, 4.69) is 41.5 Å². The number of hydrogen-bond donors (Lipinski definition) is 0. The van der Waals surface area contributed by atoms with Crippen molar-refractivity contribution < 1.29 is 4.79 Å². The van der Waals surface area contributed by atoms with Gasteiger partial charge in [-0.15, -0.1) is 0 Å². The van der Waals surface area contributed by atoms with E-state index in [4.69, 9.17) is 0 Å². The molecule has 1 saturated heterocycles. The van der Waals surface area contributed by atoms with Crippen LogP contribution in [0.5, 0.6) is 0 Å². The van der Waals surface area contributed by atoms with Crippen molar-refractivity contribution in [3.8, 4) is 0 Å². The van der Waals surface area contributed by atoms with E-state index in [0.717, 1.165) is 6.42 Å². The first-order valence-corrected chi connectivity index (χ1v) is 5.57. The van der Waals surface area contributed by atoms with Gasteiger partial charge in [0.25, 0.3) is 0 Å². The summed E-state index contributed by atoms with van der Waals surface area (Å²) in [4.78, 5) is 14.2. The number of amides is 1. The fourth-order valence-corrected chi connectivity index (χ4v) is 2.44. The largest absolute Gasteiger partial charge is 0.337 e. The van der Waals surface area contributed by atoms with Gasteiger partial charge in [0.05, 0.1) is 0 Å². The first kappa shape index (κ1) is 11.5. The summed E-state index contributed by atoms with van der Waals surface area (Å²) in [6.45, 7) is 12.8. The molecule has 14 heavy (non-hydrogen) atoms. The van der Waals surface area contributed by atoms with Crippen molar-refractivity contribution in [2.45, 2.75) is 60.0 Å². The number of rotatable bonds is 1. The minimum Gasteiger partial charge on any atom is -0.337 e. The molecule has 1 amide bonds. The van der Waals surface area contributed by atoms with E-state index in [-0.39, 0.29) is 11.3 Å². The molecule has 1 aliphatic heterocycles. The number of carbonyl (C=O) groups is 1. The van der Waals surface area contributed by atoms with Crippen molar-refractivity contribution >= 4 is 5.91 Å². The average molecular weight is 197 g/mol. The maximum Gasteiger partial charge on any atom is 0.226 e. The third-order valence-corrected chi connectivity index (χ3v) is 3.21. The predicted octanol–water partition coefficient (Wildman–Crippen LogP) is 2.68. The van der Waals surface area contributed by atoms with Crippen molar-refractivity contribution in [2.75, 3.05) is 0 Å². The summed E-state index contributed by atoms with van der Waals surface area (Å²) in [6.07, 6.45) is 1.01. The van der Waals surface area contributed by atoms with Crippen LogP contribution in [0.25, 0.3) is 0 Å². The van der Waals surface area contributed by atoms with Crippen LogP contribution in [0.4, 0.5) is 0 Å². The second kappa shape index (κ2) is 3.56. The highest BCUT2D eigenvalue weighted by atomic mass is 16.2. The summed E-state index contributed by atoms with van der Waals surface area (Å²) >= 11 is 0. The fourth-order valence-electron chi connectivity index (χ4n) is 2.44. The van der Waals surface area contributed by atoms with Crippen molar-refractivity contribution in [3.63, 3.8) is 0 Å². The zero-order valence-electron chi connectivity index (χ0n) is 10.3. The van der Waals surface area contributed by atoms with Crippen LogP contribution in [0, 0.1) is 11.3 Å². The molecule has 0 aromatic carbocycles. The molecule has 2 unspecified atom stereocenters. The molecule has 1 aliphatic rings. The molecule has 1 rings (SSSR count). The van der Waals surface area contributed by atoms with Gasteiger partial charge in [0.1, 0.15) is 0 Å². The van der Waals surface area contributed by atoms with Crippen LogP contribution in [-0.2, 0) is 4.79 Å². The Kier molecular flexibility index (Phi) is 2.93. The lowest BCUT2D eigenvalue weighted by atomic mass is 9.79. The van der Waals surface area contributed by atoms with E-state index in [1.54, 1.807) is 0 Å². The molecule has 0 spiro atoms. The quantitative estimate of drug-likeness (QED) is 0.633. The van der Waals surface area contributed by atoms with Crippen LogP contribution < -0.4 is 0 Å². The Morgan fingerprint density at radius 2 is 1.86 bits per heavy atom. The van der Waals surface area contributed by atoms with Gasteiger partial charge in [-0.2, -0.15) is 0 Å². The molecule has 1 fully saturated rings. The molecular formula is C12H23NO. The Morgan fingerprint density at radius 1 is 1.36 bits per heavy atom. The number of likely N-dealkylation sites (tertiary alicyclic amines) is 1. The van der Waals surface area contributed by atoms with Gasteiger partial charge >= 0.3 is 0 Å². The van der Waals surface area contributed by atoms with Gasteiger partial charge in [-0.3, -0.25) is 4.79 Å². The number of nitrogens with zero attached hydrogens (tertiary/aromatic N) is 1. The van der Waals surface area contributed by atoms with Crippen LogP contribution >= 0.6 is 0 Å². The van der Waals surface area contributed by atoms with E-state index in [0.29, 0.717) is 18.0 Å². The van der Waals surface area contributed by atoms with Gasteiger partial charge in [0, 0.05) is 18.0 Å². The van der Waals surface area contributed by atoms with Gasteiger partial charge in [-0.25, -0.2) is 0 Å². The van der Waals surface area contributed by atoms with Crippen molar-refractivity contribution in [1.29, 1.82) is 0 Å². The number of carbonyl (C=O) groups excluding carboxylic acids is 1. The summed E-state index contributed by atoms with van der Waals surface area (Å²) in [5.41, 5.74) is 0.106. The highest BCUT2D eigenvalue weighted by Gasteiger charge is 2.43. The van der Waals surface area contributed by atoms with Crippen LogP contribution in [0.2, 0.25) is 0 Å². The van der Waals surface area contributed by atoms with Crippen LogP contribution in [0.1, 0.15) is 48.0 Å². The zero-order chi connectivity index (χ0) is 11.1. The molecule has 1 heterocycles. The second-order valence-electron chi connectivity index (χ2n) is 5.84. The summed E-state index contributed by atoms with van der Waals surface area (Å²) in [5, 5.41) is 0. The molecule has 0 saturated carbocycles. The molecule has 82 valence electrons. The smallest absolute Gasteiger partial charge is 0.226 e. The van der Waals surface area contributed by atoms with E-state index in [1.807, 2.05) is 4.90 Å². The van der Waals surface area contributed by atoms with Gasteiger partial charge in [0.2, 0.25) is 5.91 Å². The first-order valence-electron chi connectivity index (χ1n) is 5.57. The Morgan fingerprint density at radius 3 is 2.07 bits per heavy atom. The minimum atomic E-state index is 0.106. The third kappa shape index (κ3) is 1.94. The van der Waals surface area contributed by atoms with Crippen molar-refractivity contribution in [2.24, 2.45) is 11.3 Å². The Labute approximate surface area is 87.7 Å². The molecule has 0 radical (unpaired) electrons. The molecule has 0 aromatic heterocycles. The van der Waals surface area contributed by atoms with Crippen LogP contribution in [0.3, 0.4) is 0 Å². The second-order valence-corrected chi connectivity index (χ2v) is 5.84. The molecule has 2 heteroatoms. The van der Waals surface area contributed by atoms with E-state index < -0.39 is 0 Å². The number of hydrogen-bond acceptors (Lipinski definition) is 1. The SMILES string of the molecule is CC(C)N1C(=O)C(C(C)(C)C)CC1C. The summed E-state index contributed by atoms with van der Waals surface area (Å²) in [6, 6.07) is 0.747. The summed E-state index contributed by atoms with van der Waals surface area (Å²) < 4.78 is 0. The summed E-state index contributed by atoms with van der Waals surface area (Å²) in [7, 11) is 0. The first-order chi connectivity index (χ1) is 6.25. The summed E-state index contributed by atoms with van der Waals surface area (Å²) in [5.74, 6) is 0.555. The Hall–Kier alpha value is -0.530. The molecule has 0 aliphatic carbocycles. The molecule has 2 nitrogen and oxygen atoms in total. The van der Waals surface area contributed by atoms with Crippen molar-refractivity contribution in [3.05, 3.63) is 0 Å². The van der Waals surface area contributed by atoms with Gasteiger partial charge in [0.15, 0.2) is 0 Å². The highest BCUT2D eigenvalue weighted by Crippen LogP contribution is 2.38. The predicted molar refractivity (Wildman–Crippen MR) is 59.0 cm³/mol. The van der Waals surface area contributed by atoms with Crippen molar-refractivity contribution in [1.82, 2.24) is 4.90 Å². The van der Waals surface area contributed by atoms with Crippen LogP contribution in [-0.4, -0.2) is 22.9 Å². The maximum absolute atomic E-state index is 12.1. The third-order valence-electron chi connectivity index (χ3n) is 3.21. The lowest BCUT2D eigenvalue weighted by Crippen LogP contribution is -2.39. The molecular weight excluding hydrogens is 174 g/mol. The standard InChI is InChI=1S/C12H23NO/c1-8(2)13-9(3)7-10(11(13)14)12(4,5)6/h8-10H,7H2,1-6H3. The maximum atomic E-state index is 12.1. The molecule has 0 aromatic rings. The molecule has 2 atom stereocenters. The van der Waals surface area contributed by atoms with Gasteiger partial charge < -0.3 is 4.90 Å². The minimum absolute atomic E-state index is 0.106. The highest BCUT2D eigenvalue weighted by molar-refractivity contribution is 5.82. The molecule has 0 N–H and O–H groups in total. The van der Waals surface area contributed by atoms with E-state index >= 15 is 0 Å². The molecule has 0 bridgehead atoms. The Balaban J connectivity index is 2.85. The topological polar surface area (TPSA) is 20.3 Å². The van der Waals surface area contributed by atoms with E-state index in [9.17, 15) is 4.79 Å². The fraction of sp³-hybridized carbons (Fsp3) is 0.917. The zero-order valence-corrected chi connectivity index (χ0v) is 10.3. The van der Waals surface area contributed by atoms with Gasteiger partial charge in [-0.05, 0) is 32.6 Å². The van der Waals surface area contributed by atoms with Gasteiger partial charge in [-0.1, -0.05) is 20.8 Å².